The number of esters is 1. The fourth-order valence-electron chi connectivity index (χ4n) is 1.36. The van der Waals surface area contributed by atoms with Gasteiger partial charge in [-0.2, -0.15) is 10.4 Å². The molecule has 0 saturated heterocycles. The van der Waals surface area contributed by atoms with E-state index in [1.807, 2.05) is 6.07 Å². The molecule has 80 valence electrons. The summed E-state index contributed by atoms with van der Waals surface area (Å²) in [6.45, 7) is 0. The van der Waals surface area contributed by atoms with Gasteiger partial charge in [-0.1, -0.05) is 0 Å². The molecule has 2 aromatic rings. The number of hydrogen-bond donors (Lipinski definition) is 0. The molecule has 0 spiro atoms. The fraction of sp³-hybridized carbons (Fsp3) is 0.100. The lowest BCUT2D eigenvalue weighted by Gasteiger charge is -1.99. The highest BCUT2D eigenvalue weighted by Crippen LogP contribution is 2.22. The van der Waals surface area contributed by atoms with E-state index >= 15 is 0 Å². The number of carbonyl (C=O) groups excluding carboxylic acids is 1. The van der Waals surface area contributed by atoms with Crippen LogP contribution in [-0.2, 0) is 4.74 Å². The van der Waals surface area contributed by atoms with Crippen molar-refractivity contribution in [3.05, 3.63) is 34.1 Å². The summed E-state index contributed by atoms with van der Waals surface area (Å²) in [5, 5.41) is 12.7. The van der Waals surface area contributed by atoms with Crippen LogP contribution in [-0.4, -0.2) is 22.7 Å². The molecule has 0 radical (unpaired) electrons. The predicted octanol–water partition coefficient (Wildman–Crippen LogP) is 1.76. The number of ether oxygens (including phenoxy) is 1. The van der Waals surface area contributed by atoms with Crippen molar-refractivity contribution < 1.29 is 9.53 Å². The molecule has 0 bridgehead atoms. The van der Waals surface area contributed by atoms with Crippen LogP contribution in [0.15, 0.2) is 22.8 Å². The first-order valence-electron chi connectivity index (χ1n) is 4.33. The lowest BCUT2D eigenvalue weighted by molar-refractivity contribution is 0.0591. The first-order valence-corrected chi connectivity index (χ1v) is 5.12. The maximum atomic E-state index is 11.4. The van der Waals surface area contributed by atoms with Crippen LogP contribution >= 0.6 is 15.9 Å². The van der Waals surface area contributed by atoms with E-state index in [1.54, 1.807) is 12.1 Å². The smallest absolute Gasteiger partial charge is 0.356 e. The van der Waals surface area contributed by atoms with Gasteiger partial charge in [0.05, 0.1) is 24.4 Å². The SMILES string of the molecule is COC(=O)c1cc(Br)c2cc(C#N)cnn12. The molecule has 0 saturated carbocycles. The Labute approximate surface area is 99.4 Å². The molecule has 16 heavy (non-hydrogen) atoms. The van der Waals surface area contributed by atoms with Gasteiger partial charge in [0.15, 0.2) is 5.69 Å². The average molecular weight is 280 g/mol. The van der Waals surface area contributed by atoms with Gasteiger partial charge in [0, 0.05) is 4.47 Å². The second-order valence-electron chi connectivity index (χ2n) is 3.02. The quantitative estimate of drug-likeness (QED) is 0.746. The van der Waals surface area contributed by atoms with Crippen LogP contribution in [0.25, 0.3) is 5.52 Å². The van der Waals surface area contributed by atoms with Gasteiger partial charge in [-0.3, -0.25) is 0 Å². The van der Waals surface area contributed by atoms with Crippen LogP contribution in [0, 0.1) is 11.3 Å². The maximum Gasteiger partial charge on any atom is 0.356 e. The normalized spacial score (nSPS) is 10.1. The molecule has 0 amide bonds. The molecule has 0 N–H and O–H groups in total. The molecule has 2 heterocycles. The zero-order chi connectivity index (χ0) is 11.7. The van der Waals surface area contributed by atoms with Crippen molar-refractivity contribution in [2.75, 3.05) is 7.11 Å². The van der Waals surface area contributed by atoms with Crippen LogP contribution in [0.5, 0.6) is 0 Å². The summed E-state index contributed by atoms with van der Waals surface area (Å²) in [7, 11) is 1.30. The van der Waals surface area contributed by atoms with Crippen molar-refractivity contribution in [1.82, 2.24) is 9.61 Å². The molecule has 5 nitrogen and oxygen atoms in total. The van der Waals surface area contributed by atoms with Gasteiger partial charge < -0.3 is 4.74 Å². The van der Waals surface area contributed by atoms with E-state index in [4.69, 9.17) is 5.26 Å². The Hall–Kier alpha value is -1.87. The van der Waals surface area contributed by atoms with Crippen LogP contribution < -0.4 is 0 Å². The van der Waals surface area contributed by atoms with Crippen LogP contribution in [0.2, 0.25) is 0 Å². The van der Waals surface area contributed by atoms with E-state index in [0.29, 0.717) is 21.2 Å². The van der Waals surface area contributed by atoms with Crippen molar-refractivity contribution in [2.24, 2.45) is 0 Å². The minimum atomic E-state index is -0.474. The van der Waals surface area contributed by atoms with Gasteiger partial charge in [-0.25, -0.2) is 9.31 Å². The van der Waals surface area contributed by atoms with Crippen molar-refractivity contribution >= 4 is 27.4 Å². The first kappa shape index (κ1) is 10.6. The number of rotatable bonds is 1. The highest BCUT2D eigenvalue weighted by atomic mass is 79.9. The van der Waals surface area contributed by atoms with E-state index < -0.39 is 5.97 Å². The van der Waals surface area contributed by atoms with Crippen molar-refractivity contribution in [3.8, 4) is 6.07 Å². The molecule has 2 rings (SSSR count). The Balaban J connectivity index is 2.73. The second kappa shape index (κ2) is 3.94. The Bertz CT molecular complexity index is 612. The highest BCUT2D eigenvalue weighted by molar-refractivity contribution is 9.10. The summed E-state index contributed by atoms with van der Waals surface area (Å²) < 4.78 is 6.75. The molecule has 2 aromatic heterocycles. The molecule has 0 aliphatic heterocycles. The predicted molar refractivity (Wildman–Crippen MR) is 58.9 cm³/mol. The number of hydrogen-bond acceptors (Lipinski definition) is 4. The van der Waals surface area contributed by atoms with Gasteiger partial charge in [0.1, 0.15) is 6.07 Å². The third-order valence-electron chi connectivity index (χ3n) is 2.09. The van der Waals surface area contributed by atoms with Crippen molar-refractivity contribution in [1.29, 1.82) is 5.26 Å². The van der Waals surface area contributed by atoms with Crippen LogP contribution in [0.1, 0.15) is 16.1 Å². The van der Waals surface area contributed by atoms with E-state index in [0.717, 1.165) is 0 Å². The number of aromatic nitrogens is 2. The molecule has 6 heteroatoms. The van der Waals surface area contributed by atoms with Crippen molar-refractivity contribution in [2.45, 2.75) is 0 Å². The molecule has 0 aliphatic rings. The van der Waals surface area contributed by atoms with E-state index in [1.165, 1.54) is 17.8 Å². The van der Waals surface area contributed by atoms with E-state index in [-0.39, 0.29) is 0 Å². The van der Waals surface area contributed by atoms with Crippen LogP contribution in [0.3, 0.4) is 0 Å². The first-order chi connectivity index (χ1) is 7.67. The van der Waals surface area contributed by atoms with Crippen LogP contribution in [0.4, 0.5) is 0 Å². The summed E-state index contributed by atoms with van der Waals surface area (Å²) in [6.07, 6.45) is 1.39. The lowest BCUT2D eigenvalue weighted by atomic mass is 10.3. The topological polar surface area (TPSA) is 67.4 Å². The number of fused-ring (bicyclic) bond motifs is 1. The standard InChI is InChI=1S/C10H6BrN3O2/c1-16-10(15)9-3-7(11)8-2-6(4-12)5-13-14(8)9/h2-3,5H,1H3. The fourth-order valence-corrected chi connectivity index (χ4v) is 1.86. The summed E-state index contributed by atoms with van der Waals surface area (Å²) in [5.41, 5.74) is 1.40. The summed E-state index contributed by atoms with van der Waals surface area (Å²) in [5.74, 6) is -0.474. The van der Waals surface area contributed by atoms with Crippen molar-refractivity contribution in [3.63, 3.8) is 0 Å². The molecule has 0 unspecified atom stereocenters. The molecule has 0 fully saturated rings. The molecule has 0 aliphatic carbocycles. The Kier molecular flexibility index (Phi) is 2.62. The number of carbonyl (C=O) groups is 1. The number of halogens is 1. The van der Waals surface area contributed by atoms with E-state index in [9.17, 15) is 4.79 Å². The Morgan fingerprint density at radius 3 is 3.00 bits per heavy atom. The molecule has 0 atom stereocenters. The molecular weight excluding hydrogens is 274 g/mol. The number of methoxy groups -OCH3 is 1. The van der Waals surface area contributed by atoms with Gasteiger partial charge in [0.2, 0.25) is 0 Å². The summed E-state index contributed by atoms with van der Waals surface area (Å²) in [6, 6.07) is 5.23. The Morgan fingerprint density at radius 2 is 2.38 bits per heavy atom. The Morgan fingerprint density at radius 1 is 1.62 bits per heavy atom. The second-order valence-corrected chi connectivity index (χ2v) is 3.88. The minimum Gasteiger partial charge on any atom is -0.464 e. The zero-order valence-electron chi connectivity index (χ0n) is 8.27. The molecular formula is C10H6BrN3O2. The van der Waals surface area contributed by atoms with Gasteiger partial charge >= 0.3 is 5.97 Å². The summed E-state index contributed by atoms with van der Waals surface area (Å²) >= 11 is 3.30. The molecule has 0 aromatic carbocycles. The third-order valence-corrected chi connectivity index (χ3v) is 2.73. The maximum absolute atomic E-state index is 11.4. The number of nitriles is 1. The van der Waals surface area contributed by atoms with Gasteiger partial charge in [-0.05, 0) is 28.1 Å². The zero-order valence-corrected chi connectivity index (χ0v) is 9.85. The highest BCUT2D eigenvalue weighted by Gasteiger charge is 2.15. The van der Waals surface area contributed by atoms with Gasteiger partial charge in [-0.15, -0.1) is 0 Å². The monoisotopic (exact) mass is 279 g/mol. The minimum absolute atomic E-state index is 0.314. The number of nitrogens with zero attached hydrogens (tertiary/aromatic N) is 3. The third kappa shape index (κ3) is 1.55. The van der Waals surface area contributed by atoms with E-state index in [2.05, 4.69) is 25.8 Å². The largest absolute Gasteiger partial charge is 0.464 e. The summed E-state index contributed by atoms with van der Waals surface area (Å²) in [4.78, 5) is 11.4. The lowest BCUT2D eigenvalue weighted by Crippen LogP contribution is -2.07. The van der Waals surface area contributed by atoms with Gasteiger partial charge in [0.25, 0.3) is 0 Å². The average Bonchev–Trinajstić information content (AvgIpc) is 2.65.